The monoisotopic (exact) mass is 458 g/mol. The number of aliphatic hydroxyl groups is 2. The summed E-state index contributed by atoms with van der Waals surface area (Å²) in [6.07, 6.45) is 10.4. The second-order valence-corrected chi connectivity index (χ2v) is 14.3. The van der Waals surface area contributed by atoms with Gasteiger partial charge in [0.25, 0.3) is 0 Å². The molecule has 0 aliphatic heterocycles. The first-order chi connectivity index (χ1) is 15.1. The first-order valence-electron chi connectivity index (χ1n) is 13.7. The molecule has 4 fully saturated rings. The highest BCUT2D eigenvalue weighted by atomic mass is 16.3. The minimum Gasteiger partial charge on any atom is -0.393 e. The Morgan fingerprint density at radius 3 is 2.33 bits per heavy atom. The third kappa shape index (κ3) is 3.53. The van der Waals surface area contributed by atoms with Crippen LogP contribution >= 0.6 is 0 Å². The van der Waals surface area contributed by atoms with Crippen LogP contribution in [-0.4, -0.2) is 27.7 Å². The second-order valence-electron chi connectivity index (χ2n) is 14.3. The van der Waals surface area contributed by atoms with Crippen molar-refractivity contribution >= 4 is 5.78 Å². The Hall–Kier alpha value is -0.670. The average Bonchev–Trinajstić information content (AvgIpc) is 2.96. The SMILES string of the molecule is CC(C)=CCC[C@@](C)(O)[C@@H]1[C@H]2CC[C@@H]3[C@@]4(C)CCC(=O)C(C)(C)[C@@H]4CC[C@@]3(C)[C@]2(C)C[C@@H]1O. The molecule has 0 saturated heterocycles. The average molecular weight is 459 g/mol. The van der Waals surface area contributed by atoms with Gasteiger partial charge in [-0.2, -0.15) is 0 Å². The molecule has 33 heavy (non-hydrogen) atoms. The summed E-state index contributed by atoms with van der Waals surface area (Å²) in [7, 11) is 0. The number of Topliss-reactive ketones (excluding diaryl/α,β-unsaturated/α-hetero) is 1. The zero-order chi connectivity index (χ0) is 24.6. The molecule has 3 heteroatoms. The molecular weight excluding hydrogens is 408 g/mol. The molecule has 0 bridgehead atoms. The highest BCUT2D eigenvalue weighted by Gasteiger charge is 2.70. The van der Waals surface area contributed by atoms with E-state index in [9.17, 15) is 15.0 Å². The van der Waals surface area contributed by atoms with Crippen LogP contribution in [0, 0.1) is 45.3 Å². The topological polar surface area (TPSA) is 57.5 Å². The first-order valence-corrected chi connectivity index (χ1v) is 13.7. The van der Waals surface area contributed by atoms with E-state index in [1.165, 1.54) is 12.0 Å². The van der Waals surface area contributed by atoms with Crippen molar-refractivity contribution in [2.24, 2.45) is 45.3 Å². The molecule has 0 spiro atoms. The second kappa shape index (κ2) is 7.92. The van der Waals surface area contributed by atoms with Gasteiger partial charge in [-0.05, 0) is 106 Å². The van der Waals surface area contributed by atoms with E-state index in [1.807, 2.05) is 6.92 Å². The van der Waals surface area contributed by atoms with Gasteiger partial charge in [0.1, 0.15) is 5.78 Å². The number of rotatable bonds is 4. The number of carbonyl (C=O) groups is 1. The molecule has 0 aromatic rings. The predicted molar refractivity (Wildman–Crippen MR) is 135 cm³/mol. The van der Waals surface area contributed by atoms with Crippen LogP contribution in [0.4, 0.5) is 0 Å². The van der Waals surface area contributed by atoms with E-state index in [0.29, 0.717) is 30.0 Å². The molecule has 0 heterocycles. The number of ketones is 1. The van der Waals surface area contributed by atoms with E-state index >= 15 is 0 Å². The molecule has 4 rings (SSSR count). The van der Waals surface area contributed by atoms with Gasteiger partial charge < -0.3 is 10.2 Å². The van der Waals surface area contributed by atoms with Crippen molar-refractivity contribution in [3.05, 3.63) is 11.6 Å². The highest BCUT2D eigenvalue weighted by Crippen LogP contribution is 2.75. The lowest BCUT2D eigenvalue weighted by Crippen LogP contribution is -2.63. The minimum absolute atomic E-state index is 0.0279. The van der Waals surface area contributed by atoms with Gasteiger partial charge in [-0.1, -0.05) is 46.3 Å². The van der Waals surface area contributed by atoms with Gasteiger partial charge >= 0.3 is 0 Å². The molecule has 3 nitrogen and oxygen atoms in total. The lowest BCUT2D eigenvalue weighted by Gasteiger charge is -2.69. The third-order valence-electron chi connectivity index (χ3n) is 12.1. The molecule has 188 valence electrons. The van der Waals surface area contributed by atoms with E-state index in [1.54, 1.807) is 0 Å². The summed E-state index contributed by atoms with van der Waals surface area (Å²) in [5, 5.41) is 23.1. The number of aliphatic hydroxyl groups excluding tert-OH is 1. The number of carbonyl (C=O) groups excluding carboxylic acids is 1. The Labute approximate surface area is 202 Å². The summed E-state index contributed by atoms with van der Waals surface area (Å²) in [5.74, 6) is 1.80. The molecule has 0 aromatic heterocycles. The lowest BCUT2D eigenvalue weighted by atomic mass is 9.35. The molecule has 9 atom stereocenters. The summed E-state index contributed by atoms with van der Waals surface area (Å²) >= 11 is 0. The third-order valence-corrected chi connectivity index (χ3v) is 12.1. The van der Waals surface area contributed by atoms with Crippen molar-refractivity contribution < 1.29 is 15.0 Å². The predicted octanol–water partition coefficient (Wildman–Crippen LogP) is 6.71. The summed E-state index contributed by atoms with van der Waals surface area (Å²) < 4.78 is 0. The molecule has 0 radical (unpaired) electrons. The van der Waals surface area contributed by atoms with Gasteiger partial charge in [-0.25, -0.2) is 0 Å². The van der Waals surface area contributed by atoms with Crippen LogP contribution < -0.4 is 0 Å². The Morgan fingerprint density at radius 2 is 1.70 bits per heavy atom. The fourth-order valence-corrected chi connectivity index (χ4v) is 10.2. The molecule has 4 saturated carbocycles. The van der Waals surface area contributed by atoms with Gasteiger partial charge in [0.05, 0.1) is 11.7 Å². The summed E-state index contributed by atoms with van der Waals surface area (Å²) in [4.78, 5) is 12.9. The van der Waals surface area contributed by atoms with Gasteiger partial charge in [0.15, 0.2) is 0 Å². The van der Waals surface area contributed by atoms with Crippen LogP contribution in [0.5, 0.6) is 0 Å². The van der Waals surface area contributed by atoms with Gasteiger partial charge in [-0.15, -0.1) is 0 Å². The molecule has 0 unspecified atom stereocenters. The molecule has 2 N–H and O–H groups in total. The fourth-order valence-electron chi connectivity index (χ4n) is 10.2. The molecule has 4 aliphatic rings. The Bertz CT molecular complexity index is 820. The Kier molecular flexibility index (Phi) is 6.10. The maximum atomic E-state index is 12.9. The number of hydrogen-bond donors (Lipinski definition) is 2. The zero-order valence-electron chi connectivity index (χ0n) is 22.6. The van der Waals surface area contributed by atoms with Crippen LogP contribution in [0.25, 0.3) is 0 Å². The number of fused-ring (bicyclic) bond motifs is 5. The van der Waals surface area contributed by atoms with E-state index in [4.69, 9.17) is 0 Å². The van der Waals surface area contributed by atoms with Crippen LogP contribution in [-0.2, 0) is 4.79 Å². The zero-order valence-corrected chi connectivity index (χ0v) is 22.6. The minimum atomic E-state index is -0.850. The number of allylic oxidation sites excluding steroid dienone is 2. The molecule has 4 aliphatic carbocycles. The fraction of sp³-hybridized carbons (Fsp3) is 0.900. The quantitative estimate of drug-likeness (QED) is 0.460. The highest BCUT2D eigenvalue weighted by molar-refractivity contribution is 5.85. The van der Waals surface area contributed by atoms with Crippen molar-refractivity contribution in [2.75, 3.05) is 0 Å². The number of hydrogen-bond acceptors (Lipinski definition) is 3. The van der Waals surface area contributed by atoms with Crippen LogP contribution in [0.3, 0.4) is 0 Å². The normalized spacial score (nSPS) is 48.3. The molecule has 0 amide bonds. The van der Waals surface area contributed by atoms with Gasteiger partial charge in [0, 0.05) is 17.8 Å². The van der Waals surface area contributed by atoms with Gasteiger partial charge in [-0.3, -0.25) is 4.79 Å². The van der Waals surface area contributed by atoms with Crippen molar-refractivity contribution in [3.8, 4) is 0 Å². The summed E-state index contributed by atoms with van der Waals surface area (Å²) in [5.41, 5.74) is 0.571. The standard InChI is InChI=1S/C30H50O3/c1-19(2)10-9-15-30(8,33)25-20-11-12-23-27(5)16-14-24(32)26(3,4)22(27)13-17-28(23,6)29(20,7)18-21(25)31/h10,20-23,25,31,33H,9,11-18H2,1-8H3/t20-,21+,22+,23-,25-,27+,28-,29-,30-/m1/s1. The van der Waals surface area contributed by atoms with Crippen molar-refractivity contribution in [2.45, 2.75) is 125 Å². The summed E-state index contributed by atoms with van der Waals surface area (Å²) in [6, 6.07) is 0. The molecule has 0 aromatic carbocycles. The largest absolute Gasteiger partial charge is 0.393 e. The first kappa shape index (κ1) is 25.4. The lowest BCUT2D eigenvalue weighted by molar-refractivity contribution is -0.207. The van der Waals surface area contributed by atoms with Crippen LogP contribution in [0.2, 0.25) is 0 Å². The van der Waals surface area contributed by atoms with Gasteiger partial charge in [0.2, 0.25) is 0 Å². The van der Waals surface area contributed by atoms with Crippen molar-refractivity contribution in [1.82, 2.24) is 0 Å². The van der Waals surface area contributed by atoms with E-state index in [2.05, 4.69) is 54.5 Å². The van der Waals surface area contributed by atoms with Crippen molar-refractivity contribution in [1.29, 1.82) is 0 Å². The maximum absolute atomic E-state index is 12.9. The smallest absolute Gasteiger partial charge is 0.138 e. The molecular formula is C30H50O3. The van der Waals surface area contributed by atoms with E-state index in [0.717, 1.165) is 44.9 Å². The van der Waals surface area contributed by atoms with E-state index < -0.39 is 11.7 Å². The van der Waals surface area contributed by atoms with Crippen LogP contribution in [0.1, 0.15) is 113 Å². The van der Waals surface area contributed by atoms with Crippen LogP contribution in [0.15, 0.2) is 11.6 Å². The maximum Gasteiger partial charge on any atom is 0.138 e. The summed E-state index contributed by atoms with van der Waals surface area (Å²) in [6.45, 7) is 18.1. The Balaban J connectivity index is 1.66. The van der Waals surface area contributed by atoms with E-state index in [-0.39, 0.29) is 27.6 Å². The van der Waals surface area contributed by atoms with Crippen molar-refractivity contribution in [3.63, 3.8) is 0 Å². The Morgan fingerprint density at radius 1 is 1.03 bits per heavy atom.